The zero-order chi connectivity index (χ0) is 12.4. The summed E-state index contributed by atoms with van der Waals surface area (Å²) in [6.07, 6.45) is 5.78. The van der Waals surface area contributed by atoms with Crippen LogP contribution in [0.15, 0.2) is 24.7 Å². The van der Waals surface area contributed by atoms with Gasteiger partial charge in [-0.2, -0.15) is 10.2 Å². The average molecular weight is 246 g/mol. The van der Waals surface area contributed by atoms with Gasteiger partial charge in [0.25, 0.3) is 0 Å². The summed E-state index contributed by atoms with van der Waals surface area (Å²) in [5.41, 5.74) is 1.22. The van der Waals surface area contributed by atoms with Crippen LogP contribution in [0.5, 0.6) is 0 Å². The highest BCUT2D eigenvalue weighted by Gasteiger charge is 2.17. The number of anilines is 1. The van der Waals surface area contributed by atoms with E-state index in [9.17, 15) is 0 Å². The Bertz CT molecular complexity index is 514. The van der Waals surface area contributed by atoms with Gasteiger partial charge in [0.1, 0.15) is 5.82 Å². The van der Waals surface area contributed by atoms with Gasteiger partial charge in [-0.1, -0.05) is 0 Å². The minimum Gasteiger partial charge on any atom is -0.370 e. The Morgan fingerprint density at radius 2 is 2.44 bits per heavy atom. The molecule has 1 aliphatic heterocycles. The Labute approximate surface area is 106 Å². The van der Waals surface area contributed by atoms with E-state index in [1.165, 1.54) is 5.56 Å². The number of aromatic nitrogens is 4. The first kappa shape index (κ1) is 11.3. The van der Waals surface area contributed by atoms with Crippen molar-refractivity contribution in [2.24, 2.45) is 13.0 Å². The molecule has 3 rings (SSSR count). The lowest BCUT2D eigenvalue weighted by Gasteiger charge is -2.25. The molecule has 2 N–H and O–H groups in total. The maximum absolute atomic E-state index is 4.29. The van der Waals surface area contributed by atoms with E-state index in [-0.39, 0.29) is 0 Å². The molecule has 2 aromatic heterocycles. The summed E-state index contributed by atoms with van der Waals surface area (Å²) in [4.78, 5) is 0. The van der Waals surface area contributed by atoms with E-state index in [4.69, 9.17) is 0 Å². The standard InChI is InChI=1S/C12H18N6/c1-17-8-11(7-16-17)5-13-4-10-6-14-12-2-3-15-18(12)9-10/h2-3,7-8,10,13-14H,4-6,9H2,1H3/t10-/m0/s1. The molecule has 96 valence electrons. The molecular formula is C12H18N6. The van der Waals surface area contributed by atoms with E-state index in [0.717, 1.165) is 32.0 Å². The molecule has 3 heterocycles. The molecule has 0 amide bonds. The van der Waals surface area contributed by atoms with Crippen LogP contribution in [0.2, 0.25) is 0 Å². The average Bonchev–Trinajstić information content (AvgIpc) is 2.97. The first-order valence-corrected chi connectivity index (χ1v) is 6.25. The Morgan fingerprint density at radius 1 is 1.50 bits per heavy atom. The number of hydrogen-bond acceptors (Lipinski definition) is 4. The first-order chi connectivity index (χ1) is 8.81. The number of hydrogen-bond donors (Lipinski definition) is 2. The first-order valence-electron chi connectivity index (χ1n) is 6.25. The van der Waals surface area contributed by atoms with Crippen LogP contribution in [0.25, 0.3) is 0 Å². The van der Waals surface area contributed by atoms with Crippen LogP contribution in [-0.2, 0) is 20.1 Å². The normalized spacial score (nSPS) is 18.4. The molecule has 1 aliphatic rings. The van der Waals surface area contributed by atoms with Gasteiger partial charge in [-0.05, 0) is 0 Å². The summed E-state index contributed by atoms with van der Waals surface area (Å²) in [7, 11) is 1.94. The van der Waals surface area contributed by atoms with E-state index >= 15 is 0 Å². The molecule has 0 saturated heterocycles. The van der Waals surface area contributed by atoms with E-state index in [1.807, 2.05) is 41.1 Å². The van der Waals surface area contributed by atoms with Crippen LogP contribution in [-0.4, -0.2) is 32.7 Å². The Hall–Kier alpha value is -1.82. The second-order valence-corrected chi connectivity index (χ2v) is 4.80. The molecule has 0 bridgehead atoms. The largest absolute Gasteiger partial charge is 0.370 e. The highest BCUT2D eigenvalue weighted by atomic mass is 15.3. The third-order valence-electron chi connectivity index (χ3n) is 3.24. The molecule has 0 unspecified atom stereocenters. The summed E-state index contributed by atoms with van der Waals surface area (Å²) < 4.78 is 3.86. The molecule has 6 nitrogen and oxygen atoms in total. The van der Waals surface area contributed by atoms with Crippen molar-refractivity contribution in [2.75, 3.05) is 18.4 Å². The summed E-state index contributed by atoms with van der Waals surface area (Å²) in [5, 5.41) is 15.3. The van der Waals surface area contributed by atoms with Gasteiger partial charge < -0.3 is 10.6 Å². The van der Waals surface area contributed by atoms with Crippen molar-refractivity contribution >= 4 is 5.82 Å². The van der Waals surface area contributed by atoms with Crippen LogP contribution in [0.1, 0.15) is 5.56 Å². The van der Waals surface area contributed by atoms with Crippen LogP contribution < -0.4 is 10.6 Å². The Morgan fingerprint density at radius 3 is 3.28 bits per heavy atom. The fourth-order valence-corrected chi connectivity index (χ4v) is 2.31. The zero-order valence-electron chi connectivity index (χ0n) is 10.5. The fraction of sp³-hybridized carbons (Fsp3) is 0.500. The maximum Gasteiger partial charge on any atom is 0.124 e. The summed E-state index contributed by atoms with van der Waals surface area (Å²) in [6.45, 7) is 3.85. The van der Waals surface area contributed by atoms with Gasteiger partial charge in [-0.3, -0.25) is 4.68 Å². The lowest BCUT2D eigenvalue weighted by molar-refractivity contribution is 0.391. The lowest BCUT2D eigenvalue weighted by atomic mass is 10.1. The number of nitrogens with zero attached hydrogens (tertiary/aromatic N) is 4. The molecule has 0 saturated carbocycles. The summed E-state index contributed by atoms with van der Waals surface area (Å²) in [5.74, 6) is 1.70. The molecule has 18 heavy (non-hydrogen) atoms. The van der Waals surface area contributed by atoms with E-state index in [1.54, 1.807) is 0 Å². The van der Waals surface area contributed by atoms with E-state index in [2.05, 4.69) is 20.8 Å². The molecule has 6 heteroatoms. The second-order valence-electron chi connectivity index (χ2n) is 4.80. The van der Waals surface area contributed by atoms with Gasteiger partial charge in [0.2, 0.25) is 0 Å². The van der Waals surface area contributed by atoms with Crippen molar-refractivity contribution in [3.8, 4) is 0 Å². The molecule has 0 radical (unpaired) electrons. The predicted octanol–water partition coefficient (Wildman–Crippen LogP) is 0.448. The summed E-state index contributed by atoms with van der Waals surface area (Å²) >= 11 is 0. The highest BCUT2D eigenvalue weighted by Crippen LogP contribution is 2.15. The topological polar surface area (TPSA) is 59.7 Å². The van der Waals surface area contributed by atoms with Gasteiger partial charge in [-0.25, -0.2) is 4.68 Å². The molecule has 0 aromatic carbocycles. The third kappa shape index (κ3) is 2.38. The van der Waals surface area contributed by atoms with Gasteiger partial charge in [0, 0.05) is 57.0 Å². The van der Waals surface area contributed by atoms with Gasteiger partial charge >= 0.3 is 0 Å². The summed E-state index contributed by atoms with van der Waals surface area (Å²) in [6, 6.07) is 2.01. The number of aryl methyl sites for hydroxylation is 1. The fourth-order valence-electron chi connectivity index (χ4n) is 2.31. The smallest absolute Gasteiger partial charge is 0.124 e. The molecule has 1 atom stereocenters. The van der Waals surface area contributed by atoms with Gasteiger partial charge in [0.15, 0.2) is 0 Å². The van der Waals surface area contributed by atoms with Crippen LogP contribution in [0, 0.1) is 5.92 Å². The van der Waals surface area contributed by atoms with Crippen molar-refractivity contribution in [3.63, 3.8) is 0 Å². The van der Waals surface area contributed by atoms with Crippen LogP contribution in [0.3, 0.4) is 0 Å². The minimum absolute atomic E-state index is 0.578. The molecule has 0 aliphatic carbocycles. The monoisotopic (exact) mass is 246 g/mol. The zero-order valence-corrected chi connectivity index (χ0v) is 10.5. The van der Waals surface area contributed by atoms with Gasteiger partial charge in [-0.15, -0.1) is 0 Å². The van der Waals surface area contributed by atoms with Crippen molar-refractivity contribution in [1.82, 2.24) is 24.9 Å². The van der Waals surface area contributed by atoms with E-state index in [0.29, 0.717) is 5.92 Å². The minimum atomic E-state index is 0.578. The van der Waals surface area contributed by atoms with E-state index < -0.39 is 0 Å². The maximum atomic E-state index is 4.29. The van der Waals surface area contributed by atoms with Crippen molar-refractivity contribution in [1.29, 1.82) is 0 Å². The molecule has 0 fully saturated rings. The van der Waals surface area contributed by atoms with Crippen LogP contribution in [0.4, 0.5) is 5.82 Å². The quantitative estimate of drug-likeness (QED) is 0.822. The number of fused-ring (bicyclic) bond motifs is 1. The van der Waals surface area contributed by atoms with Crippen LogP contribution >= 0.6 is 0 Å². The van der Waals surface area contributed by atoms with Crippen molar-refractivity contribution in [3.05, 3.63) is 30.2 Å². The number of nitrogens with one attached hydrogen (secondary N) is 2. The third-order valence-corrected chi connectivity index (χ3v) is 3.24. The Balaban J connectivity index is 1.47. The number of rotatable bonds is 4. The van der Waals surface area contributed by atoms with Crippen molar-refractivity contribution in [2.45, 2.75) is 13.1 Å². The molecule has 0 spiro atoms. The molecular weight excluding hydrogens is 228 g/mol. The van der Waals surface area contributed by atoms with Crippen molar-refractivity contribution < 1.29 is 0 Å². The molecule has 2 aromatic rings. The second kappa shape index (κ2) is 4.81. The lowest BCUT2D eigenvalue weighted by Crippen LogP contribution is -2.35. The SMILES string of the molecule is Cn1cc(CNC[C@H]2CNc3ccnn3C2)cn1. The van der Waals surface area contributed by atoms with Gasteiger partial charge in [0.05, 0.1) is 12.4 Å². The predicted molar refractivity (Wildman–Crippen MR) is 69.1 cm³/mol. The Kier molecular flexibility index (Phi) is 3.02. The highest BCUT2D eigenvalue weighted by molar-refractivity contribution is 5.35.